The van der Waals surface area contributed by atoms with Crippen LogP contribution in [0, 0.1) is 0 Å². The van der Waals surface area contributed by atoms with Gasteiger partial charge in [-0.1, -0.05) is 81.3 Å². The molecule has 0 aromatic heterocycles. The van der Waals surface area contributed by atoms with Crippen molar-refractivity contribution in [1.29, 1.82) is 0 Å². The van der Waals surface area contributed by atoms with Gasteiger partial charge < -0.3 is 4.90 Å². The molecule has 0 radical (unpaired) electrons. The van der Waals surface area contributed by atoms with Crippen LogP contribution < -0.4 is 0 Å². The first-order valence-corrected chi connectivity index (χ1v) is 14.0. The monoisotopic (exact) mass is 407 g/mol. The minimum absolute atomic E-state index is 0.730. The van der Waals surface area contributed by atoms with E-state index in [0.29, 0.717) is 0 Å². The Labute approximate surface area is 167 Å². The van der Waals surface area contributed by atoms with Crippen LogP contribution in [-0.4, -0.2) is 48.0 Å². The Kier molecular flexibility index (Phi) is 20.9. The van der Waals surface area contributed by atoms with E-state index >= 15 is 0 Å². The molecule has 0 aliphatic rings. The van der Waals surface area contributed by atoms with Crippen molar-refractivity contribution in [3.63, 3.8) is 0 Å². The van der Waals surface area contributed by atoms with Crippen molar-refractivity contribution in [2.45, 2.75) is 57.6 Å². The van der Waals surface area contributed by atoms with Crippen LogP contribution in [0.1, 0.15) is 52.4 Å². The quantitative estimate of drug-likeness (QED) is 0.142. The van der Waals surface area contributed by atoms with Gasteiger partial charge in [-0.25, -0.2) is 0 Å². The lowest BCUT2D eigenvalue weighted by Gasteiger charge is -2.19. The molecule has 0 spiro atoms. The maximum absolute atomic E-state index is 2.32. The van der Waals surface area contributed by atoms with Crippen molar-refractivity contribution in [2.75, 3.05) is 37.9 Å². The number of hydrogen-bond donors (Lipinski definition) is 0. The maximum atomic E-state index is 2.32. The third-order valence-electron chi connectivity index (χ3n) is 3.11. The summed E-state index contributed by atoms with van der Waals surface area (Å²) >= 11 is 0. The minimum Gasteiger partial charge on any atom is -0.308 e. The summed E-state index contributed by atoms with van der Waals surface area (Å²) in [6, 6.07) is 0. The molecule has 0 heterocycles. The lowest BCUT2D eigenvalue weighted by molar-refractivity contribution is 0.415. The fourth-order valence-electron chi connectivity index (χ4n) is 1.93. The van der Waals surface area contributed by atoms with Gasteiger partial charge in [0.25, 0.3) is 0 Å². The van der Waals surface area contributed by atoms with Gasteiger partial charge >= 0.3 is 0 Å². The van der Waals surface area contributed by atoms with E-state index in [1.807, 2.05) is 0 Å². The zero-order chi connectivity index (χ0) is 17.9. The minimum atomic E-state index is 0.730. The lowest BCUT2D eigenvalue weighted by atomic mass is 10.3. The van der Waals surface area contributed by atoms with Gasteiger partial charge in [-0.05, 0) is 52.6 Å². The highest BCUT2D eigenvalue weighted by atomic mass is 33.1. The van der Waals surface area contributed by atoms with Crippen LogP contribution in [0.3, 0.4) is 0 Å². The Morgan fingerprint density at radius 3 is 1.92 bits per heavy atom. The summed E-state index contributed by atoms with van der Waals surface area (Å²) in [6.07, 6.45) is 16.6. The third-order valence-corrected chi connectivity index (χ3v) is 8.80. The Morgan fingerprint density at radius 2 is 1.38 bits per heavy atom. The van der Waals surface area contributed by atoms with Crippen molar-refractivity contribution < 1.29 is 0 Å². The lowest BCUT2D eigenvalue weighted by Crippen LogP contribution is -2.24. The standard InChI is InChI=1S/C19H37NS4/c1-5-7-9-11-13-15-21-23-18-19(17-20(3)4)24-22-16-14-12-10-8-6-2/h7-10,19H,5-6,11-18H2,1-4H3/b9-7+,10-8+. The highest BCUT2D eigenvalue weighted by molar-refractivity contribution is 8.78. The summed E-state index contributed by atoms with van der Waals surface area (Å²) in [5.74, 6) is 3.79. The van der Waals surface area contributed by atoms with Crippen molar-refractivity contribution in [3.05, 3.63) is 24.3 Å². The first kappa shape index (κ1) is 24.8. The molecule has 0 rings (SSSR count). The van der Waals surface area contributed by atoms with E-state index in [0.717, 1.165) is 18.1 Å². The van der Waals surface area contributed by atoms with Gasteiger partial charge in [0.2, 0.25) is 0 Å². The number of allylic oxidation sites excluding steroid dienone is 4. The third kappa shape index (κ3) is 19.2. The molecule has 1 unspecified atom stereocenters. The second-order valence-electron chi connectivity index (χ2n) is 5.95. The molecule has 0 aromatic rings. The summed E-state index contributed by atoms with van der Waals surface area (Å²) in [5, 5.41) is 0.730. The number of nitrogens with zero attached hydrogens (tertiary/aromatic N) is 1. The van der Waals surface area contributed by atoms with Crippen molar-refractivity contribution >= 4 is 43.2 Å². The second kappa shape index (κ2) is 20.2. The molecule has 0 saturated heterocycles. The van der Waals surface area contributed by atoms with Gasteiger partial charge in [-0.15, -0.1) is 0 Å². The van der Waals surface area contributed by atoms with Gasteiger partial charge in [-0.2, -0.15) is 0 Å². The SMILES string of the molecule is CC/C=C/CCCSSCC(CN(C)C)SSCCC/C=C/CC. The Balaban J connectivity index is 3.69. The summed E-state index contributed by atoms with van der Waals surface area (Å²) < 4.78 is 0. The molecule has 0 aliphatic heterocycles. The molecule has 5 heteroatoms. The van der Waals surface area contributed by atoms with Crippen LogP contribution in [0.4, 0.5) is 0 Å². The van der Waals surface area contributed by atoms with Crippen LogP contribution in [0.25, 0.3) is 0 Å². The maximum Gasteiger partial charge on any atom is 0.0377 e. The molecule has 0 bridgehead atoms. The predicted molar refractivity (Wildman–Crippen MR) is 125 cm³/mol. The molecule has 142 valence electrons. The zero-order valence-corrected chi connectivity index (χ0v) is 19.3. The normalized spacial score (nSPS) is 13.5. The average Bonchev–Trinajstić information content (AvgIpc) is 2.55. The molecular formula is C19H37NS4. The van der Waals surface area contributed by atoms with Gasteiger partial charge in [-0.3, -0.25) is 0 Å². The van der Waals surface area contributed by atoms with E-state index < -0.39 is 0 Å². The van der Waals surface area contributed by atoms with E-state index in [1.54, 1.807) is 0 Å². The van der Waals surface area contributed by atoms with Gasteiger partial charge in [0.1, 0.15) is 0 Å². The van der Waals surface area contributed by atoms with Gasteiger partial charge in [0, 0.05) is 29.1 Å². The molecule has 24 heavy (non-hydrogen) atoms. The highest BCUT2D eigenvalue weighted by Gasteiger charge is 2.11. The largest absolute Gasteiger partial charge is 0.308 e. The molecule has 0 aromatic carbocycles. The summed E-state index contributed by atoms with van der Waals surface area (Å²) in [6.45, 7) is 5.58. The molecule has 1 nitrogen and oxygen atoms in total. The smallest absolute Gasteiger partial charge is 0.0377 e. The molecule has 0 aliphatic carbocycles. The number of rotatable bonds is 17. The van der Waals surface area contributed by atoms with Crippen molar-refractivity contribution in [1.82, 2.24) is 4.90 Å². The Hall–Kier alpha value is 0.840. The van der Waals surface area contributed by atoms with Gasteiger partial charge in [0.05, 0.1) is 0 Å². The fourth-order valence-corrected chi connectivity index (χ4v) is 7.70. The molecular weight excluding hydrogens is 370 g/mol. The molecule has 0 saturated carbocycles. The van der Waals surface area contributed by atoms with Crippen LogP contribution in [0.2, 0.25) is 0 Å². The summed E-state index contributed by atoms with van der Waals surface area (Å²) in [5.41, 5.74) is 0. The topological polar surface area (TPSA) is 3.24 Å². The second-order valence-corrected chi connectivity index (χ2v) is 11.4. The highest BCUT2D eigenvalue weighted by Crippen LogP contribution is 2.33. The van der Waals surface area contributed by atoms with Crippen LogP contribution in [0.5, 0.6) is 0 Å². The average molecular weight is 408 g/mol. The van der Waals surface area contributed by atoms with Crippen LogP contribution in [-0.2, 0) is 0 Å². The number of hydrogen-bond acceptors (Lipinski definition) is 5. The summed E-state index contributed by atoms with van der Waals surface area (Å²) in [4.78, 5) is 2.32. The first-order valence-electron chi connectivity index (χ1n) is 9.18. The first-order chi connectivity index (χ1) is 11.7. The zero-order valence-electron chi connectivity index (χ0n) is 16.0. The molecule has 0 fully saturated rings. The van der Waals surface area contributed by atoms with E-state index in [4.69, 9.17) is 0 Å². The molecule has 0 amide bonds. The van der Waals surface area contributed by atoms with E-state index in [-0.39, 0.29) is 0 Å². The van der Waals surface area contributed by atoms with Crippen LogP contribution >= 0.6 is 43.2 Å². The molecule has 1 atom stereocenters. The Bertz CT molecular complexity index is 306. The van der Waals surface area contributed by atoms with Crippen LogP contribution in [0.15, 0.2) is 24.3 Å². The Morgan fingerprint density at radius 1 is 0.792 bits per heavy atom. The molecule has 0 N–H and O–H groups in total. The number of unbranched alkanes of at least 4 members (excludes halogenated alkanes) is 2. The van der Waals surface area contributed by atoms with Crippen molar-refractivity contribution in [2.24, 2.45) is 0 Å². The fraction of sp³-hybridized carbons (Fsp3) is 0.789. The van der Waals surface area contributed by atoms with E-state index in [1.165, 1.54) is 49.5 Å². The summed E-state index contributed by atoms with van der Waals surface area (Å²) in [7, 11) is 12.6. The predicted octanol–water partition coefficient (Wildman–Crippen LogP) is 7.17. The van der Waals surface area contributed by atoms with Crippen molar-refractivity contribution in [3.8, 4) is 0 Å². The van der Waals surface area contributed by atoms with E-state index in [9.17, 15) is 0 Å². The van der Waals surface area contributed by atoms with E-state index in [2.05, 4.69) is 100 Å². The van der Waals surface area contributed by atoms with Gasteiger partial charge in [0.15, 0.2) is 0 Å².